The summed E-state index contributed by atoms with van der Waals surface area (Å²) in [5.74, 6) is 2.29. The average molecular weight is 409 g/mol. The number of hydrogen-bond acceptors (Lipinski definition) is 5. The number of para-hydroxylation sites is 2. The molecule has 0 amide bonds. The molecule has 4 rings (SSSR count). The van der Waals surface area contributed by atoms with Crippen LogP contribution in [0.2, 0.25) is 5.15 Å². The van der Waals surface area contributed by atoms with E-state index in [-0.39, 0.29) is 0 Å². The van der Waals surface area contributed by atoms with Crippen LogP contribution in [0.15, 0.2) is 60.8 Å². The molecule has 4 aromatic rings. The highest BCUT2D eigenvalue weighted by Crippen LogP contribution is 2.29. The molecular weight excluding hydrogens is 388 g/mol. The minimum Gasteiger partial charge on any atom is -0.493 e. The van der Waals surface area contributed by atoms with Gasteiger partial charge in [0.1, 0.15) is 17.6 Å². The van der Waals surface area contributed by atoms with Gasteiger partial charge in [-0.05, 0) is 35.9 Å². The zero-order chi connectivity index (χ0) is 20.1. The van der Waals surface area contributed by atoms with Gasteiger partial charge in [-0.15, -0.1) is 0 Å². The number of hydrogen-bond donors (Lipinski definition) is 2. The lowest BCUT2D eigenvalue weighted by Crippen LogP contribution is -2.13. The molecule has 2 N–H and O–H groups in total. The van der Waals surface area contributed by atoms with E-state index in [1.54, 1.807) is 19.4 Å². The van der Waals surface area contributed by atoms with Gasteiger partial charge in [-0.2, -0.15) is 0 Å². The maximum Gasteiger partial charge on any atom is 0.161 e. The lowest BCUT2D eigenvalue weighted by atomic mass is 10.2. The van der Waals surface area contributed by atoms with Crippen LogP contribution < -0.4 is 14.8 Å². The molecule has 29 heavy (non-hydrogen) atoms. The summed E-state index contributed by atoms with van der Waals surface area (Å²) in [6.45, 7) is 1.73. The van der Waals surface area contributed by atoms with Crippen molar-refractivity contribution in [2.45, 2.75) is 19.7 Å². The van der Waals surface area contributed by atoms with Crippen LogP contribution in [0, 0.1) is 0 Å². The molecule has 7 heteroatoms. The summed E-state index contributed by atoms with van der Waals surface area (Å²) in [4.78, 5) is 12.0. The van der Waals surface area contributed by atoms with Crippen molar-refractivity contribution in [1.82, 2.24) is 20.3 Å². The first-order valence-electron chi connectivity index (χ1n) is 9.26. The van der Waals surface area contributed by atoms with Crippen molar-refractivity contribution >= 4 is 22.6 Å². The van der Waals surface area contributed by atoms with Gasteiger partial charge in [0.2, 0.25) is 0 Å². The van der Waals surface area contributed by atoms with Crippen LogP contribution in [0.3, 0.4) is 0 Å². The number of rotatable bonds is 8. The van der Waals surface area contributed by atoms with Gasteiger partial charge >= 0.3 is 0 Å². The highest BCUT2D eigenvalue weighted by molar-refractivity contribution is 6.29. The van der Waals surface area contributed by atoms with E-state index >= 15 is 0 Å². The van der Waals surface area contributed by atoms with Crippen molar-refractivity contribution in [2.75, 3.05) is 7.11 Å². The zero-order valence-corrected chi connectivity index (χ0v) is 16.7. The summed E-state index contributed by atoms with van der Waals surface area (Å²) >= 11 is 5.81. The van der Waals surface area contributed by atoms with E-state index in [2.05, 4.69) is 20.3 Å². The quantitative estimate of drug-likeness (QED) is 0.420. The maximum absolute atomic E-state index is 5.87. The second-order valence-corrected chi connectivity index (χ2v) is 6.95. The van der Waals surface area contributed by atoms with Gasteiger partial charge in [0.05, 0.1) is 24.7 Å². The Balaban J connectivity index is 1.35. The summed E-state index contributed by atoms with van der Waals surface area (Å²) in [7, 11) is 1.64. The molecule has 0 bridgehead atoms. The number of aromatic amines is 1. The van der Waals surface area contributed by atoms with Crippen LogP contribution >= 0.6 is 11.6 Å². The van der Waals surface area contributed by atoms with E-state index in [4.69, 9.17) is 21.1 Å². The largest absolute Gasteiger partial charge is 0.493 e. The molecule has 2 aromatic carbocycles. The van der Waals surface area contributed by atoms with Crippen molar-refractivity contribution in [3.63, 3.8) is 0 Å². The summed E-state index contributed by atoms with van der Waals surface area (Å²) in [6, 6.07) is 17.5. The predicted octanol–water partition coefficient (Wildman–Crippen LogP) is 4.49. The fraction of sp³-hybridized carbons (Fsp3) is 0.182. The van der Waals surface area contributed by atoms with Gasteiger partial charge in [-0.3, -0.25) is 0 Å². The summed E-state index contributed by atoms with van der Waals surface area (Å²) in [6.07, 6.45) is 1.70. The highest BCUT2D eigenvalue weighted by atomic mass is 35.5. The van der Waals surface area contributed by atoms with Crippen LogP contribution in [0.25, 0.3) is 11.0 Å². The first-order valence-corrected chi connectivity index (χ1v) is 9.63. The molecule has 6 nitrogen and oxygen atoms in total. The molecule has 0 saturated heterocycles. The Kier molecular flexibility index (Phi) is 5.93. The van der Waals surface area contributed by atoms with Crippen molar-refractivity contribution < 1.29 is 9.47 Å². The number of H-pyrrole nitrogens is 1. The second-order valence-electron chi connectivity index (χ2n) is 6.57. The van der Waals surface area contributed by atoms with Gasteiger partial charge in [0, 0.05) is 18.3 Å². The van der Waals surface area contributed by atoms with Crippen molar-refractivity contribution in [3.05, 3.63) is 82.9 Å². The summed E-state index contributed by atoms with van der Waals surface area (Å²) in [5, 5.41) is 3.87. The molecule has 0 saturated carbocycles. The lowest BCUT2D eigenvalue weighted by molar-refractivity contribution is 0.284. The molecule has 0 radical (unpaired) electrons. The molecule has 0 unspecified atom stereocenters. The first kappa shape index (κ1) is 19.2. The number of methoxy groups -OCH3 is 1. The van der Waals surface area contributed by atoms with E-state index in [0.717, 1.165) is 28.0 Å². The number of benzene rings is 2. The minimum atomic E-state index is 0.393. The Bertz CT molecular complexity index is 1060. The van der Waals surface area contributed by atoms with Gasteiger partial charge in [0.15, 0.2) is 11.5 Å². The SMILES string of the molecule is COc1cc(CNCc2nc3ccccc3[nH]2)ccc1OCc1ccc(Cl)nc1. The average Bonchev–Trinajstić information content (AvgIpc) is 3.16. The van der Waals surface area contributed by atoms with Gasteiger partial charge in [-0.1, -0.05) is 35.9 Å². The van der Waals surface area contributed by atoms with Gasteiger partial charge in [-0.25, -0.2) is 9.97 Å². The Morgan fingerprint density at radius 2 is 1.86 bits per heavy atom. The number of nitrogens with one attached hydrogen (secondary N) is 2. The van der Waals surface area contributed by atoms with E-state index < -0.39 is 0 Å². The Morgan fingerprint density at radius 1 is 1.00 bits per heavy atom. The van der Waals surface area contributed by atoms with E-state index in [0.29, 0.717) is 36.3 Å². The van der Waals surface area contributed by atoms with Crippen LogP contribution in [0.1, 0.15) is 17.0 Å². The van der Waals surface area contributed by atoms with Gasteiger partial charge in [0.25, 0.3) is 0 Å². The van der Waals surface area contributed by atoms with Crippen LogP contribution in [0.4, 0.5) is 0 Å². The second kappa shape index (κ2) is 8.94. The monoisotopic (exact) mass is 408 g/mol. The Hall–Kier alpha value is -3.09. The molecule has 0 aliphatic heterocycles. The fourth-order valence-electron chi connectivity index (χ4n) is 3.01. The summed E-state index contributed by atoms with van der Waals surface area (Å²) < 4.78 is 11.4. The number of ether oxygens (including phenoxy) is 2. The number of pyridine rings is 1. The fourth-order valence-corrected chi connectivity index (χ4v) is 3.12. The number of aromatic nitrogens is 3. The van der Waals surface area contributed by atoms with E-state index in [9.17, 15) is 0 Å². The molecule has 0 aliphatic rings. The molecule has 0 fully saturated rings. The van der Waals surface area contributed by atoms with Crippen LogP contribution in [-0.4, -0.2) is 22.1 Å². The van der Waals surface area contributed by atoms with Crippen LogP contribution in [0.5, 0.6) is 11.5 Å². The van der Waals surface area contributed by atoms with Crippen molar-refractivity contribution in [2.24, 2.45) is 0 Å². The molecule has 148 valence electrons. The number of halogens is 1. The zero-order valence-electron chi connectivity index (χ0n) is 16.0. The molecule has 0 aliphatic carbocycles. The highest BCUT2D eigenvalue weighted by Gasteiger charge is 2.07. The first-order chi connectivity index (χ1) is 14.2. The normalized spacial score (nSPS) is 11.0. The number of fused-ring (bicyclic) bond motifs is 1. The number of nitrogens with zero attached hydrogens (tertiary/aromatic N) is 2. The van der Waals surface area contributed by atoms with Crippen molar-refractivity contribution in [1.29, 1.82) is 0 Å². The molecule has 2 aromatic heterocycles. The molecular formula is C22H21ClN4O2. The molecule has 2 heterocycles. The van der Waals surface area contributed by atoms with E-state index in [1.165, 1.54) is 0 Å². The third-order valence-electron chi connectivity index (χ3n) is 4.47. The Labute approximate surface area is 173 Å². The lowest BCUT2D eigenvalue weighted by Gasteiger charge is -2.12. The molecule has 0 atom stereocenters. The minimum absolute atomic E-state index is 0.393. The summed E-state index contributed by atoms with van der Waals surface area (Å²) in [5.41, 5.74) is 4.05. The maximum atomic E-state index is 5.87. The predicted molar refractivity (Wildman–Crippen MR) is 113 cm³/mol. The Morgan fingerprint density at radius 3 is 2.66 bits per heavy atom. The van der Waals surface area contributed by atoms with Gasteiger partial charge < -0.3 is 19.8 Å². The molecule has 0 spiro atoms. The smallest absolute Gasteiger partial charge is 0.161 e. The standard InChI is InChI=1S/C22H21ClN4O2/c1-28-20-10-15(6-8-19(20)29-14-16-7-9-21(23)25-12-16)11-24-13-22-26-17-4-2-3-5-18(17)27-22/h2-10,12,24H,11,13-14H2,1H3,(H,26,27). The number of imidazole rings is 1. The van der Waals surface area contributed by atoms with E-state index in [1.807, 2.05) is 48.5 Å². The van der Waals surface area contributed by atoms with Crippen molar-refractivity contribution in [3.8, 4) is 11.5 Å². The third kappa shape index (κ3) is 4.85. The topological polar surface area (TPSA) is 72.1 Å². The van der Waals surface area contributed by atoms with Crippen LogP contribution in [-0.2, 0) is 19.7 Å². The third-order valence-corrected chi connectivity index (χ3v) is 4.69.